The van der Waals surface area contributed by atoms with Crippen molar-refractivity contribution in [3.8, 4) is 5.88 Å². The second-order valence-electron chi connectivity index (χ2n) is 5.89. The highest BCUT2D eigenvalue weighted by Gasteiger charge is 2.29. The second kappa shape index (κ2) is 6.95. The summed E-state index contributed by atoms with van der Waals surface area (Å²) in [5.41, 5.74) is 3.75. The number of hydrogen-bond donors (Lipinski definition) is 2. The normalized spacial score (nSPS) is 14.3. The predicted molar refractivity (Wildman–Crippen MR) is 102 cm³/mol. The number of aromatic amines is 1. The molecule has 2 aromatic carbocycles. The van der Waals surface area contributed by atoms with Crippen molar-refractivity contribution in [1.29, 1.82) is 0 Å². The van der Waals surface area contributed by atoms with Crippen LogP contribution in [0.4, 0.5) is 5.69 Å². The van der Waals surface area contributed by atoms with Gasteiger partial charge in [-0.2, -0.15) is 0 Å². The quantitative estimate of drug-likeness (QED) is 0.537. The van der Waals surface area contributed by atoms with Gasteiger partial charge in [0.2, 0.25) is 6.61 Å². The predicted octanol–water partition coefficient (Wildman–Crippen LogP) is 3.29. The molecule has 2 heterocycles. The number of esters is 1. The number of aromatic nitrogens is 1. The third-order valence-electron chi connectivity index (χ3n) is 4.18. The van der Waals surface area contributed by atoms with E-state index in [-0.39, 0.29) is 19.1 Å². The maximum Gasteiger partial charge on any atom is 0.347 e. The molecule has 7 heteroatoms. The van der Waals surface area contributed by atoms with Crippen LogP contribution in [0.25, 0.3) is 10.9 Å². The minimum Gasteiger partial charge on any atom is -0.494 e. The fourth-order valence-electron chi connectivity index (χ4n) is 3.06. The first-order valence-corrected chi connectivity index (χ1v) is 8.53. The van der Waals surface area contributed by atoms with Crippen LogP contribution < -0.4 is 0 Å². The van der Waals surface area contributed by atoms with Gasteiger partial charge in [-0.05, 0) is 19.1 Å². The van der Waals surface area contributed by atoms with Gasteiger partial charge >= 0.3 is 5.97 Å². The minimum absolute atomic E-state index is 0.000786. The smallest absolute Gasteiger partial charge is 0.347 e. The van der Waals surface area contributed by atoms with Gasteiger partial charge in [0.15, 0.2) is 5.88 Å². The third kappa shape index (κ3) is 3.03. The summed E-state index contributed by atoms with van der Waals surface area (Å²) in [6, 6.07) is 15.0. The fourth-order valence-corrected chi connectivity index (χ4v) is 3.06. The third-order valence-corrected chi connectivity index (χ3v) is 4.18. The fraction of sp³-hybridized carbons (Fsp3) is 0.150. The van der Waals surface area contributed by atoms with Gasteiger partial charge in [-0.25, -0.2) is 9.79 Å². The zero-order valence-corrected chi connectivity index (χ0v) is 14.6. The number of aliphatic imine (C=N–C) groups is 1. The lowest BCUT2D eigenvalue weighted by Crippen LogP contribution is -2.16. The summed E-state index contributed by atoms with van der Waals surface area (Å²) in [6.45, 7) is 1.70. The van der Waals surface area contributed by atoms with Crippen molar-refractivity contribution in [2.75, 3.05) is 13.2 Å². The van der Waals surface area contributed by atoms with E-state index in [1.807, 2.05) is 48.5 Å². The number of nitrogens with one attached hydrogen (secondary N) is 1. The second-order valence-corrected chi connectivity index (χ2v) is 5.89. The average molecular weight is 363 g/mol. The molecule has 0 amide bonds. The van der Waals surface area contributed by atoms with E-state index in [4.69, 9.17) is 9.57 Å². The average Bonchev–Trinajstić information content (AvgIpc) is 3.18. The van der Waals surface area contributed by atoms with Crippen molar-refractivity contribution >= 4 is 34.0 Å². The molecule has 0 aliphatic carbocycles. The number of H-pyrrole nitrogens is 1. The molecule has 0 unspecified atom stereocenters. The number of carbonyl (C=O) groups is 1. The van der Waals surface area contributed by atoms with Crippen LogP contribution in [0, 0.1) is 0 Å². The number of carbonyl (C=O) groups excluding carboxylic acids is 1. The van der Waals surface area contributed by atoms with Crippen LogP contribution in [0.1, 0.15) is 18.1 Å². The van der Waals surface area contributed by atoms with Gasteiger partial charge in [0.25, 0.3) is 0 Å². The maximum absolute atomic E-state index is 11.5. The minimum atomic E-state index is -0.499. The van der Waals surface area contributed by atoms with E-state index >= 15 is 0 Å². The highest BCUT2D eigenvalue weighted by molar-refractivity contribution is 6.58. The SMILES string of the molecule is CCOC(=O)CON=C1C(c2c(O)[nH]c3ccccc23)=Nc2ccccc21. The van der Waals surface area contributed by atoms with Crippen molar-refractivity contribution < 1.29 is 19.5 Å². The molecule has 1 aliphatic rings. The van der Waals surface area contributed by atoms with Crippen LogP contribution in [0.5, 0.6) is 5.88 Å². The summed E-state index contributed by atoms with van der Waals surface area (Å²) in [6.07, 6.45) is 0. The van der Waals surface area contributed by atoms with Gasteiger partial charge in [-0.1, -0.05) is 41.6 Å². The van der Waals surface area contributed by atoms with E-state index < -0.39 is 5.97 Å². The number of nitrogens with zero attached hydrogens (tertiary/aromatic N) is 2. The Bertz CT molecular complexity index is 1080. The van der Waals surface area contributed by atoms with Crippen LogP contribution >= 0.6 is 0 Å². The standard InChI is InChI=1S/C20H17N3O4/c1-2-26-16(24)11-27-23-18-13-8-4-6-10-15(13)21-19(18)17-12-7-3-5-9-14(12)22-20(17)25/h3-10,22,25H,2,11H2,1H3. The number of benzene rings is 2. The van der Waals surface area contributed by atoms with Gasteiger partial charge in [-0.3, -0.25) is 0 Å². The molecule has 1 aliphatic heterocycles. The van der Waals surface area contributed by atoms with Crippen molar-refractivity contribution in [2.45, 2.75) is 6.92 Å². The van der Waals surface area contributed by atoms with Crippen LogP contribution in [-0.2, 0) is 14.4 Å². The Morgan fingerprint density at radius 3 is 2.81 bits per heavy atom. The van der Waals surface area contributed by atoms with E-state index in [0.717, 1.165) is 22.2 Å². The van der Waals surface area contributed by atoms with Crippen molar-refractivity contribution in [1.82, 2.24) is 4.98 Å². The molecular formula is C20H17N3O4. The summed E-state index contributed by atoms with van der Waals surface area (Å²) in [5.74, 6) is -0.498. The molecular weight excluding hydrogens is 346 g/mol. The zero-order chi connectivity index (χ0) is 18.8. The van der Waals surface area contributed by atoms with E-state index in [1.165, 1.54) is 0 Å². The van der Waals surface area contributed by atoms with Crippen LogP contribution in [-0.4, -0.2) is 40.7 Å². The molecule has 2 N–H and O–H groups in total. The van der Waals surface area contributed by atoms with Gasteiger partial charge < -0.3 is 19.7 Å². The summed E-state index contributed by atoms with van der Waals surface area (Å²) in [4.78, 5) is 24.3. The van der Waals surface area contributed by atoms with Crippen molar-refractivity contribution in [3.05, 3.63) is 59.7 Å². The Balaban J connectivity index is 1.76. The molecule has 0 spiro atoms. The number of aromatic hydroxyl groups is 1. The van der Waals surface area contributed by atoms with Crippen molar-refractivity contribution in [3.63, 3.8) is 0 Å². The Hall–Kier alpha value is -3.61. The van der Waals surface area contributed by atoms with Gasteiger partial charge in [0.1, 0.15) is 11.4 Å². The number of para-hydroxylation sites is 2. The van der Waals surface area contributed by atoms with E-state index in [1.54, 1.807) is 6.92 Å². The molecule has 0 radical (unpaired) electrons. The molecule has 136 valence electrons. The highest BCUT2D eigenvalue weighted by atomic mass is 16.7. The molecule has 0 bridgehead atoms. The topological polar surface area (TPSA) is 96.3 Å². The molecule has 3 aromatic rings. The molecule has 0 saturated heterocycles. The molecule has 0 fully saturated rings. The highest BCUT2D eigenvalue weighted by Crippen LogP contribution is 2.35. The summed E-state index contributed by atoms with van der Waals surface area (Å²) in [5, 5.41) is 15.4. The number of fused-ring (bicyclic) bond motifs is 2. The first-order chi connectivity index (χ1) is 13.2. The maximum atomic E-state index is 11.5. The number of rotatable bonds is 5. The van der Waals surface area contributed by atoms with Gasteiger partial charge in [0.05, 0.1) is 17.9 Å². The Kier molecular flexibility index (Phi) is 4.33. The van der Waals surface area contributed by atoms with Gasteiger partial charge in [-0.15, -0.1) is 0 Å². The lowest BCUT2D eigenvalue weighted by atomic mass is 10.0. The summed E-state index contributed by atoms with van der Waals surface area (Å²) in [7, 11) is 0. The number of hydrogen-bond acceptors (Lipinski definition) is 6. The zero-order valence-electron chi connectivity index (χ0n) is 14.6. The van der Waals surface area contributed by atoms with Crippen LogP contribution in [0.3, 0.4) is 0 Å². The van der Waals surface area contributed by atoms with E-state index in [2.05, 4.69) is 15.1 Å². The van der Waals surface area contributed by atoms with Gasteiger partial charge in [0, 0.05) is 16.5 Å². The van der Waals surface area contributed by atoms with E-state index in [0.29, 0.717) is 17.0 Å². The Labute approximate surface area is 154 Å². The monoisotopic (exact) mass is 363 g/mol. The number of oxime groups is 1. The van der Waals surface area contributed by atoms with Crippen molar-refractivity contribution in [2.24, 2.45) is 10.1 Å². The van der Waals surface area contributed by atoms with Crippen LogP contribution in [0.2, 0.25) is 0 Å². The molecule has 4 rings (SSSR count). The first kappa shape index (κ1) is 16.8. The molecule has 0 saturated carbocycles. The lowest BCUT2D eigenvalue weighted by Gasteiger charge is -2.05. The number of ether oxygens (including phenoxy) is 1. The van der Waals surface area contributed by atoms with Crippen LogP contribution in [0.15, 0.2) is 58.7 Å². The lowest BCUT2D eigenvalue weighted by molar-refractivity contribution is -0.148. The molecule has 27 heavy (non-hydrogen) atoms. The molecule has 7 nitrogen and oxygen atoms in total. The molecule has 0 atom stereocenters. The largest absolute Gasteiger partial charge is 0.494 e. The Morgan fingerprint density at radius 1 is 1.19 bits per heavy atom. The first-order valence-electron chi connectivity index (χ1n) is 8.53. The Morgan fingerprint density at radius 2 is 1.96 bits per heavy atom. The molecule has 1 aromatic heterocycles. The van der Waals surface area contributed by atoms with E-state index in [9.17, 15) is 9.90 Å². The summed E-state index contributed by atoms with van der Waals surface area (Å²) < 4.78 is 4.84. The summed E-state index contributed by atoms with van der Waals surface area (Å²) >= 11 is 0.